The van der Waals surface area contributed by atoms with Crippen LogP contribution in [-0.4, -0.2) is 24.2 Å². The van der Waals surface area contributed by atoms with Crippen molar-refractivity contribution in [1.82, 2.24) is 9.97 Å². The summed E-state index contributed by atoms with van der Waals surface area (Å²) in [6.45, 7) is 0. The van der Waals surface area contributed by atoms with Crippen molar-refractivity contribution in [1.29, 1.82) is 0 Å². The lowest BCUT2D eigenvalue weighted by molar-refractivity contribution is 0.355. The number of rotatable bonds is 4. The number of fused-ring (bicyclic) bond motifs is 2. The Morgan fingerprint density at radius 3 is 2.57 bits per heavy atom. The lowest BCUT2D eigenvalue weighted by Crippen LogP contribution is -2.11. The van der Waals surface area contributed by atoms with Crippen LogP contribution in [0.5, 0.6) is 11.5 Å². The van der Waals surface area contributed by atoms with Crippen molar-refractivity contribution in [3.8, 4) is 11.5 Å². The second kappa shape index (κ2) is 7.47. The Hall–Kier alpha value is -2.54. The molecule has 1 N–H and O–H groups in total. The number of thiophene rings is 1. The fourth-order valence-corrected chi connectivity index (χ4v) is 4.58. The third kappa shape index (κ3) is 3.24. The zero-order valence-corrected chi connectivity index (χ0v) is 17.2. The van der Waals surface area contributed by atoms with Crippen LogP contribution in [0.1, 0.15) is 10.7 Å². The molecule has 0 unspecified atom stereocenters. The van der Waals surface area contributed by atoms with Crippen LogP contribution in [0.3, 0.4) is 0 Å². The van der Waals surface area contributed by atoms with Gasteiger partial charge in [0.2, 0.25) is 0 Å². The predicted molar refractivity (Wildman–Crippen MR) is 116 cm³/mol. The molecule has 0 aliphatic heterocycles. The lowest BCUT2D eigenvalue weighted by Gasteiger charge is -2.09. The number of benzene rings is 2. The van der Waals surface area contributed by atoms with Gasteiger partial charge in [-0.05, 0) is 18.2 Å². The molecule has 0 amide bonds. The van der Waals surface area contributed by atoms with Crippen LogP contribution in [0.2, 0.25) is 5.02 Å². The zero-order valence-electron chi connectivity index (χ0n) is 14.9. The Morgan fingerprint density at radius 1 is 1.14 bits per heavy atom. The van der Waals surface area contributed by atoms with E-state index in [1.807, 2.05) is 24.3 Å². The molecule has 0 bridgehead atoms. The van der Waals surface area contributed by atoms with Crippen molar-refractivity contribution in [3.63, 3.8) is 0 Å². The Labute approximate surface area is 174 Å². The standard InChI is InChI=1S/C20H14Cl2N2O3S/c1-26-14-7-11-13(9-15(14)27-2)23-19(24-20(11)25)12(21)8-17-18(22)10-5-3-4-6-16(10)28-17/h3-9H,1-2H3,(H,23,24,25)/b12-8-. The molecule has 2 heterocycles. The van der Waals surface area contributed by atoms with Crippen molar-refractivity contribution in [2.24, 2.45) is 0 Å². The van der Waals surface area contributed by atoms with Gasteiger partial charge >= 0.3 is 0 Å². The van der Waals surface area contributed by atoms with Gasteiger partial charge in [-0.1, -0.05) is 41.4 Å². The third-order valence-corrected chi connectivity index (χ3v) is 6.18. The maximum Gasteiger partial charge on any atom is 0.259 e. The number of nitrogens with zero attached hydrogens (tertiary/aromatic N) is 1. The largest absolute Gasteiger partial charge is 0.493 e. The van der Waals surface area contributed by atoms with Gasteiger partial charge in [0.25, 0.3) is 5.56 Å². The molecule has 142 valence electrons. The number of aromatic nitrogens is 2. The molecule has 4 aromatic rings. The van der Waals surface area contributed by atoms with Crippen molar-refractivity contribution >= 4 is 66.6 Å². The van der Waals surface area contributed by atoms with Gasteiger partial charge in [0, 0.05) is 21.0 Å². The summed E-state index contributed by atoms with van der Waals surface area (Å²) in [6.07, 6.45) is 1.71. The van der Waals surface area contributed by atoms with Crippen LogP contribution in [0, 0.1) is 0 Å². The van der Waals surface area contributed by atoms with E-state index < -0.39 is 0 Å². The molecular weight excluding hydrogens is 419 g/mol. The van der Waals surface area contributed by atoms with Crippen LogP contribution < -0.4 is 15.0 Å². The summed E-state index contributed by atoms with van der Waals surface area (Å²) >= 11 is 14.5. The molecule has 0 radical (unpaired) electrons. The molecule has 0 fully saturated rings. The summed E-state index contributed by atoms with van der Waals surface area (Å²) in [4.78, 5) is 20.5. The first-order valence-electron chi connectivity index (χ1n) is 8.22. The maximum absolute atomic E-state index is 12.5. The van der Waals surface area contributed by atoms with Gasteiger partial charge in [-0.2, -0.15) is 0 Å². The number of nitrogens with one attached hydrogen (secondary N) is 1. The van der Waals surface area contributed by atoms with Gasteiger partial charge in [0.15, 0.2) is 17.3 Å². The average molecular weight is 433 g/mol. The van der Waals surface area contributed by atoms with E-state index in [2.05, 4.69) is 9.97 Å². The fourth-order valence-electron chi connectivity index (χ4n) is 2.89. The highest BCUT2D eigenvalue weighted by atomic mass is 35.5. The molecule has 2 aromatic carbocycles. The summed E-state index contributed by atoms with van der Waals surface area (Å²) in [5, 5.41) is 2.24. The van der Waals surface area contributed by atoms with E-state index in [0.29, 0.717) is 27.4 Å². The highest BCUT2D eigenvalue weighted by Gasteiger charge is 2.14. The maximum atomic E-state index is 12.5. The minimum atomic E-state index is -0.324. The molecule has 0 saturated carbocycles. The number of ether oxygens (including phenoxy) is 2. The number of methoxy groups -OCH3 is 2. The molecule has 0 saturated heterocycles. The highest BCUT2D eigenvalue weighted by Crippen LogP contribution is 2.38. The summed E-state index contributed by atoms with van der Waals surface area (Å²) in [6, 6.07) is 11.1. The molecule has 0 atom stereocenters. The van der Waals surface area contributed by atoms with Crippen LogP contribution in [-0.2, 0) is 0 Å². The van der Waals surface area contributed by atoms with Gasteiger partial charge in [-0.3, -0.25) is 4.79 Å². The Morgan fingerprint density at radius 2 is 1.86 bits per heavy atom. The predicted octanol–water partition coefficient (Wildman–Crippen LogP) is 5.55. The summed E-state index contributed by atoms with van der Waals surface area (Å²) in [5.41, 5.74) is 0.125. The molecule has 4 rings (SSSR count). The average Bonchev–Trinajstić information content (AvgIpc) is 3.02. The number of hydrogen-bond acceptors (Lipinski definition) is 5. The van der Waals surface area contributed by atoms with Gasteiger partial charge in [-0.25, -0.2) is 4.98 Å². The third-order valence-electron chi connectivity index (χ3n) is 4.25. The van der Waals surface area contributed by atoms with E-state index in [1.54, 1.807) is 18.2 Å². The van der Waals surface area contributed by atoms with E-state index in [9.17, 15) is 4.79 Å². The Balaban J connectivity index is 1.84. The molecule has 5 nitrogen and oxygen atoms in total. The van der Waals surface area contributed by atoms with Crippen LogP contribution >= 0.6 is 34.5 Å². The molecule has 28 heavy (non-hydrogen) atoms. The molecule has 0 aliphatic carbocycles. The van der Waals surface area contributed by atoms with E-state index in [4.69, 9.17) is 32.7 Å². The van der Waals surface area contributed by atoms with Gasteiger partial charge in [0.05, 0.1) is 35.2 Å². The number of halogens is 2. The van der Waals surface area contributed by atoms with Crippen LogP contribution in [0.15, 0.2) is 41.2 Å². The van der Waals surface area contributed by atoms with Gasteiger partial charge in [0.1, 0.15) is 0 Å². The lowest BCUT2D eigenvalue weighted by atomic mass is 10.2. The Bertz CT molecular complexity index is 1290. The van der Waals surface area contributed by atoms with Crippen molar-refractivity contribution < 1.29 is 9.47 Å². The summed E-state index contributed by atoms with van der Waals surface area (Å²) in [7, 11) is 3.03. The van der Waals surface area contributed by atoms with E-state index >= 15 is 0 Å². The molecule has 0 aliphatic rings. The molecule has 2 aromatic heterocycles. The first-order chi connectivity index (χ1) is 13.5. The smallest absolute Gasteiger partial charge is 0.259 e. The minimum absolute atomic E-state index is 0.250. The zero-order chi connectivity index (χ0) is 19.8. The highest BCUT2D eigenvalue weighted by molar-refractivity contribution is 7.20. The quantitative estimate of drug-likeness (QED) is 0.459. The summed E-state index contributed by atoms with van der Waals surface area (Å²) < 4.78 is 11.6. The number of hydrogen-bond donors (Lipinski definition) is 1. The van der Waals surface area contributed by atoms with Crippen molar-refractivity contribution in [3.05, 3.63) is 62.5 Å². The first-order valence-corrected chi connectivity index (χ1v) is 9.79. The van der Waals surface area contributed by atoms with E-state index in [-0.39, 0.29) is 16.4 Å². The Kier molecular flexibility index (Phi) is 5.02. The van der Waals surface area contributed by atoms with Crippen molar-refractivity contribution in [2.45, 2.75) is 0 Å². The monoisotopic (exact) mass is 432 g/mol. The fraction of sp³-hybridized carbons (Fsp3) is 0.100. The normalized spacial score (nSPS) is 11.9. The van der Waals surface area contributed by atoms with Crippen LogP contribution in [0.4, 0.5) is 0 Å². The first kappa shape index (κ1) is 18.8. The second-order valence-corrected chi connectivity index (χ2v) is 7.78. The molecule has 8 heteroatoms. The van der Waals surface area contributed by atoms with Crippen LogP contribution in [0.25, 0.3) is 32.1 Å². The van der Waals surface area contributed by atoms with E-state index in [1.165, 1.54) is 25.6 Å². The van der Waals surface area contributed by atoms with Gasteiger partial charge < -0.3 is 14.5 Å². The van der Waals surface area contributed by atoms with E-state index in [0.717, 1.165) is 15.0 Å². The summed E-state index contributed by atoms with van der Waals surface area (Å²) in [5.74, 6) is 1.18. The SMILES string of the molecule is COc1cc2nc(/C(Cl)=C/c3sc4ccccc4c3Cl)[nH]c(=O)c2cc1OC. The van der Waals surface area contributed by atoms with Crippen molar-refractivity contribution in [2.75, 3.05) is 14.2 Å². The second-order valence-electron chi connectivity index (χ2n) is 5.91. The number of aromatic amines is 1. The topological polar surface area (TPSA) is 64.2 Å². The molecule has 0 spiro atoms. The minimum Gasteiger partial charge on any atom is -0.493 e. The van der Waals surface area contributed by atoms with Gasteiger partial charge in [-0.15, -0.1) is 11.3 Å². The molecular formula is C20H14Cl2N2O3S. The number of H-pyrrole nitrogens is 1.